The summed E-state index contributed by atoms with van der Waals surface area (Å²) < 4.78 is 0. The van der Waals surface area contributed by atoms with Gasteiger partial charge in [-0.05, 0) is 30.5 Å². The Morgan fingerprint density at radius 1 is 1.47 bits per heavy atom. The molecule has 3 nitrogen and oxygen atoms in total. The van der Waals surface area contributed by atoms with Gasteiger partial charge in [-0.3, -0.25) is 4.79 Å². The highest BCUT2D eigenvalue weighted by atomic mass is 16.3. The smallest absolute Gasteiger partial charge is 0.224 e. The number of rotatable bonds is 3. The SMILES string of the molecule is Cc1ccc(O)c(NC(=O)CC(C)C)c1. The fourth-order valence-corrected chi connectivity index (χ4v) is 1.32. The van der Waals surface area contributed by atoms with E-state index in [0.29, 0.717) is 18.0 Å². The highest BCUT2D eigenvalue weighted by molar-refractivity contribution is 5.92. The first-order chi connectivity index (χ1) is 6.99. The third-order valence-electron chi connectivity index (χ3n) is 2.02. The van der Waals surface area contributed by atoms with E-state index in [4.69, 9.17) is 0 Å². The number of aryl methyl sites for hydroxylation is 1. The maximum Gasteiger partial charge on any atom is 0.224 e. The van der Waals surface area contributed by atoms with E-state index in [1.165, 1.54) is 0 Å². The van der Waals surface area contributed by atoms with Crippen LogP contribution in [0.4, 0.5) is 5.69 Å². The van der Waals surface area contributed by atoms with E-state index in [9.17, 15) is 9.90 Å². The molecule has 0 radical (unpaired) electrons. The molecule has 0 saturated heterocycles. The average Bonchev–Trinajstić information content (AvgIpc) is 2.10. The second-order valence-electron chi connectivity index (χ2n) is 4.17. The molecular formula is C12H17NO2. The molecular weight excluding hydrogens is 190 g/mol. The summed E-state index contributed by atoms with van der Waals surface area (Å²) in [5.41, 5.74) is 1.49. The minimum Gasteiger partial charge on any atom is -0.506 e. The number of hydrogen-bond acceptors (Lipinski definition) is 2. The molecule has 0 unspecified atom stereocenters. The Morgan fingerprint density at radius 3 is 2.73 bits per heavy atom. The van der Waals surface area contributed by atoms with Gasteiger partial charge in [0.1, 0.15) is 5.75 Å². The van der Waals surface area contributed by atoms with Crippen molar-refractivity contribution in [1.29, 1.82) is 0 Å². The number of hydrogen-bond donors (Lipinski definition) is 2. The maximum atomic E-state index is 11.5. The molecule has 0 fully saturated rings. The quantitative estimate of drug-likeness (QED) is 0.749. The Balaban J connectivity index is 2.71. The third-order valence-corrected chi connectivity index (χ3v) is 2.02. The molecule has 0 saturated carbocycles. The molecule has 1 aromatic carbocycles. The summed E-state index contributed by atoms with van der Waals surface area (Å²) in [5, 5.41) is 12.2. The van der Waals surface area contributed by atoms with Gasteiger partial charge in [0.15, 0.2) is 0 Å². The Hall–Kier alpha value is -1.51. The van der Waals surface area contributed by atoms with Crippen LogP contribution in [0, 0.1) is 12.8 Å². The van der Waals surface area contributed by atoms with Crippen molar-refractivity contribution in [2.24, 2.45) is 5.92 Å². The van der Waals surface area contributed by atoms with Gasteiger partial charge in [-0.1, -0.05) is 19.9 Å². The molecule has 82 valence electrons. The van der Waals surface area contributed by atoms with Crippen LogP contribution in [0.3, 0.4) is 0 Å². The largest absolute Gasteiger partial charge is 0.506 e. The molecule has 2 N–H and O–H groups in total. The first-order valence-electron chi connectivity index (χ1n) is 5.08. The summed E-state index contributed by atoms with van der Waals surface area (Å²) in [5.74, 6) is 0.362. The molecule has 0 bridgehead atoms. The molecule has 0 atom stereocenters. The van der Waals surface area contributed by atoms with E-state index in [-0.39, 0.29) is 11.7 Å². The van der Waals surface area contributed by atoms with Crippen molar-refractivity contribution in [3.63, 3.8) is 0 Å². The van der Waals surface area contributed by atoms with Gasteiger partial charge in [0.25, 0.3) is 0 Å². The molecule has 0 aliphatic heterocycles. The van der Waals surface area contributed by atoms with Gasteiger partial charge < -0.3 is 10.4 Å². The lowest BCUT2D eigenvalue weighted by atomic mass is 10.1. The average molecular weight is 207 g/mol. The van der Waals surface area contributed by atoms with Crippen LogP contribution in [-0.4, -0.2) is 11.0 Å². The van der Waals surface area contributed by atoms with E-state index < -0.39 is 0 Å². The van der Waals surface area contributed by atoms with E-state index >= 15 is 0 Å². The number of nitrogens with one attached hydrogen (secondary N) is 1. The van der Waals surface area contributed by atoms with Gasteiger partial charge in [-0.2, -0.15) is 0 Å². The van der Waals surface area contributed by atoms with Crippen LogP contribution in [0.25, 0.3) is 0 Å². The second-order valence-corrected chi connectivity index (χ2v) is 4.17. The number of phenolic OH excluding ortho intramolecular Hbond substituents is 1. The normalized spacial score (nSPS) is 10.4. The van der Waals surface area contributed by atoms with E-state index in [2.05, 4.69) is 5.32 Å². The molecule has 1 aromatic rings. The Labute approximate surface area is 90.1 Å². The lowest BCUT2D eigenvalue weighted by molar-refractivity contribution is -0.116. The Morgan fingerprint density at radius 2 is 2.13 bits per heavy atom. The fourth-order valence-electron chi connectivity index (χ4n) is 1.32. The first kappa shape index (κ1) is 11.6. The predicted octanol–water partition coefficient (Wildman–Crippen LogP) is 2.69. The van der Waals surface area contributed by atoms with Gasteiger partial charge in [0, 0.05) is 6.42 Å². The number of phenols is 1. The number of carbonyl (C=O) groups excluding carboxylic acids is 1. The van der Waals surface area contributed by atoms with Gasteiger partial charge in [-0.25, -0.2) is 0 Å². The van der Waals surface area contributed by atoms with E-state index in [1.807, 2.05) is 20.8 Å². The van der Waals surface area contributed by atoms with Crippen LogP contribution < -0.4 is 5.32 Å². The molecule has 0 heterocycles. The summed E-state index contributed by atoms with van der Waals surface area (Å²) in [6, 6.07) is 5.14. The van der Waals surface area contributed by atoms with Gasteiger partial charge in [-0.15, -0.1) is 0 Å². The summed E-state index contributed by atoms with van der Waals surface area (Å²) >= 11 is 0. The highest BCUT2D eigenvalue weighted by Gasteiger charge is 2.08. The molecule has 3 heteroatoms. The number of carbonyl (C=O) groups is 1. The van der Waals surface area contributed by atoms with Gasteiger partial charge >= 0.3 is 0 Å². The summed E-state index contributed by atoms with van der Waals surface area (Å²) in [6.45, 7) is 5.88. The lowest BCUT2D eigenvalue weighted by Crippen LogP contribution is -2.13. The number of aromatic hydroxyl groups is 1. The zero-order valence-electron chi connectivity index (χ0n) is 9.37. The molecule has 1 amide bonds. The van der Waals surface area contributed by atoms with Crippen molar-refractivity contribution in [2.45, 2.75) is 27.2 Å². The highest BCUT2D eigenvalue weighted by Crippen LogP contribution is 2.24. The summed E-state index contributed by atoms with van der Waals surface area (Å²) in [7, 11) is 0. The minimum absolute atomic E-state index is 0.0640. The molecule has 0 spiro atoms. The second kappa shape index (κ2) is 4.82. The van der Waals surface area contributed by atoms with E-state index in [1.54, 1.807) is 18.2 Å². The molecule has 0 aliphatic rings. The topological polar surface area (TPSA) is 49.3 Å². The Bertz CT molecular complexity index is 359. The van der Waals surface area contributed by atoms with Crippen molar-refractivity contribution in [3.8, 4) is 5.75 Å². The minimum atomic E-state index is -0.0640. The number of amides is 1. The van der Waals surface area contributed by atoms with Gasteiger partial charge in [0.2, 0.25) is 5.91 Å². The number of anilines is 1. The summed E-state index contributed by atoms with van der Waals surface area (Å²) in [4.78, 5) is 11.5. The fraction of sp³-hybridized carbons (Fsp3) is 0.417. The van der Waals surface area contributed by atoms with Crippen LogP contribution in [0.15, 0.2) is 18.2 Å². The third kappa shape index (κ3) is 3.62. The first-order valence-corrected chi connectivity index (χ1v) is 5.08. The van der Waals surface area contributed by atoms with E-state index in [0.717, 1.165) is 5.56 Å². The van der Waals surface area contributed by atoms with Crippen molar-refractivity contribution >= 4 is 11.6 Å². The molecule has 15 heavy (non-hydrogen) atoms. The van der Waals surface area contributed by atoms with Crippen LogP contribution in [-0.2, 0) is 4.79 Å². The van der Waals surface area contributed by atoms with Gasteiger partial charge in [0.05, 0.1) is 5.69 Å². The van der Waals surface area contributed by atoms with Crippen LogP contribution >= 0.6 is 0 Å². The van der Waals surface area contributed by atoms with Crippen molar-refractivity contribution in [2.75, 3.05) is 5.32 Å². The van der Waals surface area contributed by atoms with Crippen molar-refractivity contribution in [3.05, 3.63) is 23.8 Å². The maximum absolute atomic E-state index is 11.5. The predicted molar refractivity (Wildman–Crippen MR) is 60.9 cm³/mol. The van der Waals surface area contributed by atoms with Crippen LogP contribution in [0.5, 0.6) is 5.75 Å². The molecule has 1 rings (SSSR count). The standard InChI is InChI=1S/C12H17NO2/c1-8(2)6-12(15)13-10-7-9(3)4-5-11(10)14/h4-5,7-8,14H,6H2,1-3H3,(H,13,15). The lowest BCUT2D eigenvalue weighted by Gasteiger charge is -2.09. The number of benzene rings is 1. The zero-order chi connectivity index (χ0) is 11.4. The molecule has 0 aromatic heterocycles. The van der Waals surface area contributed by atoms with Crippen molar-refractivity contribution < 1.29 is 9.90 Å². The van der Waals surface area contributed by atoms with Crippen LogP contribution in [0.1, 0.15) is 25.8 Å². The zero-order valence-corrected chi connectivity index (χ0v) is 9.37. The monoisotopic (exact) mass is 207 g/mol. The Kier molecular flexibility index (Phi) is 3.72. The van der Waals surface area contributed by atoms with Crippen LogP contribution in [0.2, 0.25) is 0 Å². The summed E-state index contributed by atoms with van der Waals surface area (Å²) in [6.07, 6.45) is 0.466. The van der Waals surface area contributed by atoms with Crippen molar-refractivity contribution in [1.82, 2.24) is 0 Å². The molecule has 0 aliphatic carbocycles.